The van der Waals surface area contributed by atoms with Crippen LogP contribution in [0.1, 0.15) is 18.4 Å². The zero-order valence-electron chi connectivity index (χ0n) is 11.2. The highest BCUT2D eigenvalue weighted by atomic mass is 16.3. The minimum Gasteiger partial charge on any atom is -0.464 e. The Morgan fingerprint density at radius 3 is 2.55 bits per heavy atom. The number of hydrogen-bond acceptors (Lipinski definition) is 5. The average Bonchev–Trinajstić information content (AvgIpc) is 3.17. The van der Waals surface area contributed by atoms with Crippen molar-refractivity contribution in [3.8, 4) is 5.69 Å². The SMILES string of the molecule is CCc1ccc(CNc2ccc(-n3cnnn3)cc2)o1. The van der Waals surface area contributed by atoms with E-state index in [4.69, 9.17) is 4.42 Å². The molecule has 6 heteroatoms. The van der Waals surface area contributed by atoms with Crippen molar-refractivity contribution in [2.45, 2.75) is 19.9 Å². The molecule has 1 aromatic carbocycles. The van der Waals surface area contributed by atoms with E-state index >= 15 is 0 Å². The van der Waals surface area contributed by atoms with E-state index in [0.717, 1.165) is 29.3 Å². The minimum atomic E-state index is 0.671. The lowest BCUT2D eigenvalue weighted by Gasteiger charge is -2.05. The molecule has 3 aromatic rings. The monoisotopic (exact) mass is 269 g/mol. The molecular formula is C14H15N5O. The molecule has 2 aromatic heterocycles. The zero-order chi connectivity index (χ0) is 13.8. The van der Waals surface area contributed by atoms with E-state index in [1.54, 1.807) is 11.0 Å². The van der Waals surface area contributed by atoms with Gasteiger partial charge in [-0.05, 0) is 46.8 Å². The van der Waals surface area contributed by atoms with E-state index in [2.05, 4.69) is 27.8 Å². The summed E-state index contributed by atoms with van der Waals surface area (Å²) in [5.41, 5.74) is 1.95. The number of benzene rings is 1. The fourth-order valence-corrected chi connectivity index (χ4v) is 1.91. The molecule has 20 heavy (non-hydrogen) atoms. The van der Waals surface area contributed by atoms with Crippen LogP contribution in [0.25, 0.3) is 5.69 Å². The summed E-state index contributed by atoms with van der Waals surface area (Å²) in [5, 5.41) is 14.4. The summed E-state index contributed by atoms with van der Waals surface area (Å²) in [5.74, 6) is 1.95. The molecule has 0 amide bonds. The second-order valence-corrected chi connectivity index (χ2v) is 4.38. The maximum Gasteiger partial charge on any atom is 0.143 e. The van der Waals surface area contributed by atoms with Gasteiger partial charge in [0.2, 0.25) is 0 Å². The van der Waals surface area contributed by atoms with E-state index in [0.29, 0.717) is 6.54 Å². The molecular weight excluding hydrogens is 254 g/mol. The highest BCUT2D eigenvalue weighted by Gasteiger charge is 2.01. The van der Waals surface area contributed by atoms with Crippen LogP contribution in [0.4, 0.5) is 5.69 Å². The Labute approximate surface area is 116 Å². The third kappa shape index (κ3) is 2.69. The van der Waals surface area contributed by atoms with Gasteiger partial charge >= 0.3 is 0 Å². The van der Waals surface area contributed by atoms with Crippen LogP contribution in [0, 0.1) is 0 Å². The lowest BCUT2D eigenvalue weighted by Crippen LogP contribution is -1.99. The van der Waals surface area contributed by atoms with Crippen LogP contribution in [0.3, 0.4) is 0 Å². The van der Waals surface area contributed by atoms with Gasteiger partial charge in [-0.2, -0.15) is 0 Å². The third-order valence-corrected chi connectivity index (χ3v) is 3.01. The number of aryl methyl sites for hydroxylation is 1. The molecule has 0 saturated heterocycles. The molecule has 0 atom stereocenters. The van der Waals surface area contributed by atoms with Crippen LogP contribution in [0.2, 0.25) is 0 Å². The van der Waals surface area contributed by atoms with Gasteiger partial charge in [-0.15, -0.1) is 5.10 Å². The van der Waals surface area contributed by atoms with Crippen molar-refractivity contribution in [2.24, 2.45) is 0 Å². The van der Waals surface area contributed by atoms with Crippen molar-refractivity contribution in [1.29, 1.82) is 0 Å². The quantitative estimate of drug-likeness (QED) is 0.770. The highest BCUT2D eigenvalue weighted by Crippen LogP contribution is 2.14. The van der Waals surface area contributed by atoms with E-state index in [1.165, 1.54) is 0 Å². The van der Waals surface area contributed by atoms with E-state index in [9.17, 15) is 0 Å². The standard InChI is InChI=1S/C14H15N5O/c1-2-13-7-8-14(20-13)9-15-11-3-5-12(6-4-11)19-10-16-17-18-19/h3-8,10,15H,2,9H2,1H3. The van der Waals surface area contributed by atoms with Gasteiger partial charge in [0.05, 0.1) is 12.2 Å². The molecule has 102 valence electrons. The topological polar surface area (TPSA) is 68.8 Å². The Hall–Kier alpha value is -2.63. The number of nitrogens with zero attached hydrogens (tertiary/aromatic N) is 4. The van der Waals surface area contributed by atoms with Gasteiger partial charge in [-0.1, -0.05) is 6.92 Å². The molecule has 2 heterocycles. The average molecular weight is 269 g/mol. The Morgan fingerprint density at radius 2 is 1.90 bits per heavy atom. The fraction of sp³-hybridized carbons (Fsp3) is 0.214. The summed E-state index contributed by atoms with van der Waals surface area (Å²) >= 11 is 0. The summed E-state index contributed by atoms with van der Waals surface area (Å²) in [7, 11) is 0. The number of tetrazole rings is 1. The second-order valence-electron chi connectivity index (χ2n) is 4.38. The Morgan fingerprint density at radius 1 is 1.10 bits per heavy atom. The van der Waals surface area contributed by atoms with Crippen LogP contribution < -0.4 is 5.32 Å². The summed E-state index contributed by atoms with van der Waals surface area (Å²) in [6.45, 7) is 2.75. The van der Waals surface area contributed by atoms with E-state index in [1.807, 2.05) is 36.4 Å². The first-order valence-electron chi connectivity index (χ1n) is 6.50. The number of hydrogen-bond donors (Lipinski definition) is 1. The molecule has 0 unspecified atom stereocenters. The largest absolute Gasteiger partial charge is 0.464 e. The van der Waals surface area contributed by atoms with Crippen LogP contribution in [-0.4, -0.2) is 20.2 Å². The highest BCUT2D eigenvalue weighted by molar-refractivity contribution is 5.48. The Bertz CT molecular complexity index is 657. The molecule has 0 aliphatic heterocycles. The summed E-state index contributed by atoms with van der Waals surface area (Å²) in [6.07, 6.45) is 2.48. The predicted molar refractivity (Wildman–Crippen MR) is 74.6 cm³/mol. The summed E-state index contributed by atoms with van der Waals surface area (Å²) in [4.78, 5) is 0. The molecule has 1 N–H and O–H groups in total. The molecule has 0 radical (unpaired) electrons. The lowest BCUT2D eigenvalue weighted by atomic mass is 10.3. The predicted octanol–water partition coefficient (Wildman–Crippen LogP) is 2.43. The Kier molecular flexibility index (Phi) is 3.45. The molecule has 0 aliphatic carbocycles. The molecule has 0 spiro atoms. The third-order valence-electron chi connectivity index (χ3n) is 3.01. The van der Waals surface area contributed by atoms with Crippen molar-refractivity contribution < 1.29 is 4.42 Å². The first-order chi connectivity index (χ1) is 9.85. The number of furan rings is 1. The van der Waals surface area contributed by atoms with E-state index in [-0.39, 0.29) is 0 Å². The van der Waals surface area contributed by atoms with Gasteiger partial charge in [0.25, 0.3) is 0 Å². The molecule has 0 aliphatic rings. The van der Waals surface area contributed by atoms with Crippen LogP contribution in [0.15, 0.2) is 47.1 Å². The normalized spacial score (nSPS) is 10.7. The summed E-state index contributed by atoms with van der Waals surface area (Å²) in [6, 6.07) is 11.9. The van der Waals surface area contributed by atoms with Crippen LogP contribution >= 0.6 is 0 Å². The first kappa shape index (κ1) is 12.4. The van der Waals surface area contributed by atoms with Gasteiger partial charge in [-0.25, -0.2) is 4.68 Å². The molecule has 6 nitrogen and oxygen atoms in total. The van der Waals surface area contributed by atoms with Gasteiger partial charge < -0.3 is 9.73 Å². The Balaban J connectivity index is 1.63. The smallest absolute Gasteiger partial charge is 0.143 e. The van der Waals surface area contributed by atoms with Crippen LogP contribution in [0.5, 0.6) is 0 Å². The van der Waals surface area contributed by atoms with Crippen LogP contribution in [-0.2, 0) is 13.0 Å². The number of rotatable bonds is 5. The fourth-order valence-electron chi connectivity index (χ4n) is 1.91. The van der Waals surface area contributed by atoms with Gasteiger partial charge in [-0.3, -0.25) is 0 Å². The van der Waals surface area contributed by atoms with E-state index < -0.39 is 0 Å². The number of nitrogens with one attached hydrogen (secondary N) is 1. The molecule has 0 bridgehead atoms. The van der Waals surface area contributed by atoms with Gasteiger partial charge in [0.1, 0.15) is 17.8 Å². The number of aromatic nitrogens is 4. The maximum atomic E-state index is 5.64. The van der Waals surface area contributed by atoms with Crippen molar-refractivity contribution in [2.75, 3.05) is 5.32 Å². The van der Waals surface area contributed by atoms with Crippen molar-refractivity contribution in [3.05, 3.63) is 54.2 Å². The van der Waals surface area contributed by atoms with Crippen molar-refractivity contribution in [3.63, 3.8) is 0 Å². The van der Waals surface area contributed by atoms with Crippen molar-refractivity contribution in [1.82, 2.24) is 20.2 Å². The maximum absolute atomic E-state index is 5.64. The lowest BCUT2D eigenvalue weighted by molar-refractivity contribution is 0.476. The summed E-state index contributed by atoms with van der Waals surface area (Å²) < 4.78 is 7.26. The van der Waals surface area contributed by atoms with Crippen molar-refractivity contribution >= 4 is 5.69 Å². The molecule has 0 fully saturated rings. The second kappa shape index (κ2) is 5.56. The first-order valence-corrected chi connectivity index (χ1v) is 6.50. The molecule has 0 saturated carbocycles. The van der Waals surface area contributed by atoms with Gasteiger partial charge in [0.15, 0.2) is 0 Å². The minimum absolute atomic E-state index is 0.671. The number of anilines is 1. The molecule has 3 rings (SSSR count). The zero-order valence-corrected chi connectivity index (χ0v) is 11.2. The van der Waals surface area contributed by atoms with Gasteiger partial charge in [0, 0.05) is 12.1 Å².